The van der Waals surface area contributed by atoms with Gasteiger partial charge in [-0.05, 0) is 37.1 Å². The van der Waals surface area contributed by atoms with E-state index in [1.807, 2.05) is 6.07 Å². The van der Waals surface area contributed by atoms with Crippen molar-refractivity contribution in [3.05, 3.63) is 22.7 Å². The number of carbonyl (C=O) groups excluding carboxylic acids is 1. The van der Waals surface area contributed by atoms with Gasteiger partial charge in [-0.2, -0.15) is 0 Å². The van der Waals surface area contributed by atoms with E-state index in [1.165, 1.54) is 12.8 Å². The Bertz CT molecular complexity index is 652. The first-order chi connectivity index (χ1) is 12.2. The smallest absolute Gasteiger partial charge is 0.220 e. The first-order valence-electron chi connectivity index (χ1n) is 9.29. The molecule has 25 heavy (non-hydrogen) atoms. The number of hydrogen-bond acceptors (Lipinski definition) is 4. The van der Waals surface area contributed by atoms with Crippen LogP contribution in [0.15, 0.2) is 12.1 Å². The van der Waals surface area contributed by atoms with Crippen molar-refractivity contribution in [3.8, 4) is 11.5 Å². The number of amides is 1. The SMILES string of the molecule is O=C1C[C@H]([C@@H]2CCCCN2Cc2cc(Cl)c3c(c2)OCCCO3)CN1. The van der Waals surface area contributed by atoms with Gasteiger partial charge in [0.15, 0.2) is 11.5 Å². The fourth-order valence-corrected chi connectivity index (χ4v) is 4.54. The first kappa shape index (κ1) is 17.0. The average molecular weight is 365 g/mol. The van der Waals surface area contributed by atoms with Crippen molar-refractivity contribution >= 4 is 17.5 Å². The van der Waals surface area contributed by atoms with Crippen LogP contribution in [0.25, 0.3) is 0 Å². The Morgan fingerprint density at radius 2 is 2.08 bits per heavy atom. The molecule has 0 saturated carbocycles. The normalized spacial score (nSPS) is 27.0. The lowest BCUT2D eigenvalue weighted by molar-refractivity contribution is -0.119. The van der Waals surface area contributed by atoms with Gasteiger partial charge in [0, 0.05) is 37.9 Å². The summed E-state index contributed by atoms with van der Waals surface area (Å²) in [5.41, 5.74) is 1.15. The van der Waals surface area contributed by atoms with Crippen LogP contribution in [-0.4, -0.2) is 43.2 Å². The molecule has 0 unspecified atom stereocenters. The van der Waals surface area contributed by atoms with E-state index in [2.05, 4.69) is 16.3 Å². The molecule has 0 aliphatic carbocycles. The monoisotopic (exact) mass is 364 g/mol. The Morgan fingerprint density at radius 3 is 2.92 bits per heavy atom. The van der Waals surface area contributed by atoms with Crippen LogP contribution in [0.1, 0.15) is 37.7 Å². The molecule has 2 atom stereocenters. The molecular weight excluding hydrogens is 340 g/mol. The molecule has 1 N–H and O–H groups in total. The number of fused-ring (bicyclic) bond motifs is 1. The average Bonchev–Trinajstić information content (AvgIpc) is 2.89. The predicted molar refractivity (Wildman–Crippen MR) is 96.2 cm³/mol. The van der Waals surface area contributed by atoms with Gasteiger partial charge in [0.05, 0.1) is 18.2 Å². The highest BCUT2D eigenvalue weighted by molar-refractivity contribution is 6.32. The van der Waals surface area contributed by atoms with Crippen LogP contribution in [-0.2, 0) is 11.3 Å². The lowest BCUT2D eigenvalue weighted by atomic mass is 9.89. The Hall–Kier alpha value is -1.46. The highest BCUT2D eigenvalue weighted by Crippen LogP contribution is 2.39. The van der Waals surface area contributed by atoms with Crippen molar-refractivity contribution in [2.45, 2.75) is 44.7 Å². The van der Waals surface area contributed by atoms with Crippen molar-refractivity contribution in [1.29, 1.82) is 0 Å². The highest BCUT2D eigenvalue weighted by Gasteiger charge is 2.34. The molecule has 4 rings (SSSR count). The Morgan fingerprint density at radius 1 is 1.20 bits per heavy atom. The molecule has 5 nitrogen and oxygen atoms in total. The molecule has 0 spiro atoms. The number of halogens is 1. The summed E-state index contributed by atoms with van der Waals surface area (Å²) in [6.07, 6.45) is 5.15. The van der Waals surface area contributed by atoms with Gasteiger partial charge in [-0.3, -0.25) is 9.69 Å². The highest BCUT2D eigenvalue weighted by atomic mass is 35.5. The molecule has 3 aliphatic rings. The quantitative estimate of drug-likeness (QED) is 0.895. The molecule has 2 fully saturated rings. The molecule has 3 heterocycles. The third-order valence-electron chi connectivity index (χ3n) is 5.47. The van der Waals surface area contributed by atoms with Crippen molar-refractivity contribution < 1.29 is 14.3 Å². The summed E-state index contributed by atoms with van der Waals surface area (Å²) in [5.74, 6) is 2.04. The van der Waals surface area contributed by atoms with E-state index in [1.54, 1.807) is 0 Å². The maximum atomic E-state index is 11.6. The zero-order chi connectivity index (χ0) is 17.2. The fraction of sp³-hybridized carbons (Fsp3) is 0.632. The van der Waals surface area contributed by atoms with Gasteiger partial charge >= 0.3 is 0 Å². The Kier molecular flexibility index (Phi) is 5.04. The molecule has 1 amide bonds. The third-order valence-corrected chi connectivity index (χ3v) is 5.75. The summed E-state index contributed by atoms with van der Waals surface area (Å²) < 4.78 is 11.5. The molecule has 1 aromatic rings. The van der Waals surface area contributed by atoms with Gasteiger partial charge in [0.1, 0.15) is 0 Å². The largest absolute Gasteiger partial charge is 0.489 e. The molecule has 6 heteroatoms. The summed E-state index contributed by atoms with van der Waals surface area (Å²) in [6, 6.07) is 4.53. The minimum atomic E-state index is 0.189. The van der Waals surface area contributed by atoms with Crippen LogP contribution < -0.4 is 14.8 Å². The van der Waals surface area contributed by atoms with Gasteiger partial charge in [0.2, 0.25) is 5.91 Å². The summed E-state index contributed by atoms with van der Waals surface area (Å²) in [4.78, 5) is 14.1. The topological polar surface area (TPSA) is 50.8 Å². The first-order valence-corrected chi connectivity index (χ1v) is 9.67. The summed E-state index contributed by atoms with van der Waals surface area (Å²) in [7, 11) is 0. The number of nitrogens with zero attached hydrogens (tertiary/aromatic N) is 1. The van der Waals surface area contributed by atoms with Gasteiger partial charge < -0.3 is 14.8 Å². The number of benzene rings is 1. The molecule has 0 radical (unpaired) electrons. The number of hydrogen-bond donors (Lipinski definition) is 1. The summed E-state index contributed by atoms with van der Waals surface area (Å²) >= 11 is 6.44. The van der Waals surface area contributed by atoms with Crippen molar-refractivity contribution in [2.24, 2.45) is 5.92 Å². The van der Waals surface area contributed by atoms with E-state index in [-0.39, 0.29) is 5.91 Å². The van der Waals surface area contributed by atoms with Crippen LogP contribution >= 0.6 is 11.6 Å². The van der Waals surface area contributed by atoms with Gasteiger partial charge in [-0.25, -0.2) is 0 Å². The zero-order valence-corrected chi connectivity index (χ0v) is 15.2. The minimum absolute atomic E-state index is 0.189. The molecule has 0 bridgehead atoms. The number of piperidine rings is 1. The van der Waals surface area contributed by atoms with Crippen molar-refractivity contribution in [3.63, 3.8) is 0 Å². The maximum absolute atomic E-state index is 11.6. The van der Waals surface area contributed by atoms with Crippen LogP contribution in [0.4, 0.5) is 0 Å². The second-order valence-electron chi connectivity index (χ2n) is 7.26. The van der Waals surface area contributed by atoms with E-state index in [4.69, 9.17) is 21.1 Å². The van der Waals surface area contributed by atoms with Crippen LogP contribution in [0, 0.1) is 5.92 Å². The number of carbonyl (C=O) groups is 1. The lowest BCUT2D eigenvalue weighted by Crippen LogP contribution is -2.44. The third kappa shape index (κ3) is 3.72. The van der Waals surface area contributed by atoms with Crippen LogP contribution in [0.5, 0.6) is 11.5 Å². The van der Waals surface area contributed by atoms with Crippen LogP contribution in [0.2, 0.25) is 5.02 Å². The standard InChI is InChI=1S/C19H25ClN2O3/c20-15-8-13(9-17-19(15)25-7-3-6-24-17)12-22-5-2-1-4-16(22)14-10-18(23)21-11-14/h8-9,14,16H,1-7,10-12H2,(H,21,23)/t14-,16-/m0/s1. The van der Waals surface area contributed by atoms with E-state index >= 15 is 0 Å². The second-order valence-corrected chi connectivity index (χ2v) is 7.66. The molecule has 136 valence electrons. The molecule has 3 aliphatic heterocycles. The lowest BCUT2D eigenvalue weighted by Gasteiger charge is -2.39. The Balaban J connectivity index is 1.52. The predicted octanol–water partition coefficient (Wildman–Crippen LogP) is 2.99. The van der Waals surface area contributed by atoms with E-state index in [0.29, 0.717) is 42.4 Å². The molecule has 1 aromatic carbocycles. The number of rotatable bonds is 3. The molecule has 0 aromatic heterocycles. The molecule has 2 saturated heterocycles. The van der Waals surface area contributed by atoms with Crippen LogP contribution in [0.3, 0.4) is 0 Å². The van der Waals surface area contributed by atoms with Gasteiger partial charge in [0.25, 0.3) is 0 Å². The Labute approximate surface area is 153 Å². The number of ether oxygens (including phenoxy) is 2. The number of nitrogens with one attached hydrogen (secondary N) is 1. The summed E-state index contributed by atoms with van der Waals surface area (Å²) in [6.45, 7) is 4.02. The molecular formula is C19H25ClN2O3. The van der Waals surface area contributed by atoms with Crippen molar-refractivity contribution in [1.82, 2.24) is 10.2 Å². The number of likely N-dealkylation sites (tertiary alicyclic amines) is 1. The van der Waals surface area contributed by atoms with E-state index in [0.717, 1.165) is 43.8 Å². The van der Waals surface area contributed by atoms with Gasteiger partial charge in [-0.1, -0.05) is 18.0 Å². The minimum Gasteiger partial charge on any atom is -0.489 e. The fourth-order valence-electron chi connectivity index (χ4n) is 4.26. The second kappa shape index (κ2) is 7.42. The van der Waals surface area contributed by atoms with E-state index < -0.39 is 0 Å². The summed E-state index contributed by atoms with van der Waals surface area (Å²) in [5, 5.41) is 3.61. The maximum Gasteiger partial charge on any atom is 0.220 e. The van der Waals surface area contributed by atoms with Gasteiger partial charge in [-0.15, -0.1) is 0 Å². The zero-order valence-electron chi connectivity index (χ0n) is 14.4. The van der Waals surface area contributed by atoms with Crippen molar-refractivity contribution in [2.75, 3.05) is 26.3 Å². The van der Waals surface area contributed by atoms with E-state index in [9.17, 15) is 4.79 Å².